The van der Waals surface area contributed by atoms with Gasteiger partial charge in [0, 0.05) is 30.0 Å². The van der Waals surface area contributed by atoms with Gasteiger partial charge in [0.05, 0.1) is 11.5 Å². The molecule has 1 N–H and O–H groups in total. The number of rotatable bonds is 2. The van der Waals surface area contributed by atoms with Gasteiger partial charge in [-0.15, -0.1) is 0 Å². The van der Waals surface area contributed by atoms with E-state index in [1.807, 2.05) is 0 Å². The second-order valence-electron chi connectivity index (χ2n) is 3.97. The van der Waals surface area contributed by atoms with Gasteiger partial charge in [-0.25, -0.2) is 0 Å². The minimum atomic E-state index is -0.840. The summed E-state index contributed by atoms with van der Waals surface area (Å²) in [5.41, 5.74) is 0.477. The van der Waals surface area contributed by atoms with Crippen molar-refractivity contribution in [2.24, 2.45) is 5.92 Å². The molecule has 1 aromatic heterocycles. The molecule has 0 aliphatic carbocycles. The van der Waals surface area contributed by atoms with Crippen LogP contribution < -0.4 is 0 Å². The second kappa shape index (κ2) is 4.83. The van der Waals surface area contributed by atoms with Gasteiger partial charge in [0.15, 0.2) is 0 Å². The van der Waals surface area contributed by atoms with E-state index in [4.69, 9.17) is 5.11 Å². The smallest absolute Gasteiger partial charge is 0.308 e. The van der Waals surface area contributed by atoms with Crippen LogP contribution in [0.5, 0.6) is 0 Å². The number of halogens is 1. The molecule has 5 nitrogen and oxygen atoms in total. The highest BCUT2D eigenvalue weighted by Gasteiger charge is 2.31. The van der Waals surface area contributed by atoms with Crippen LogP contribution in [0, 0.1) is 5.92 Å². The number of carboxylic acids is 1. The number of amides is 1. The standard InChI is InChI=1S/C11H11BrN2O3/c12-9-3-8(4-13-5-9)10(15)14-2-1-7(6-14)11(16)17/h3-5,7H,1-2,6H2,(H,16,17). The van der Waals surface area contributed by atoms with Gasteiger partial charge in [-0.1, -0.05) is 0 Å². The van der Waals surface area contributed by atoms with Gasteiger partial charge in [-0.3, -0.25) is 14.6 Å². The molecule has 1 aliphatic heterocycles. The van der Waals surface area contributed by atoms with Crippen LogP contribution in [0.3, 0.4) is 0 Å². The molecule has 1 saturated heterocycles. The molecule has 1 amide bonds. The quantitative estimate of drug-likeness (QED) is 0.896. The molecule has 1 aliphatic rings. The first-order chi connectivity index (χ1) is 8.08. The molecular weight excluding hydrogens is 288 g/mol. The van der Waals surface area contributed by atoms with Gasteiger partial charge in [0.2, 0.25) is 0 Å². The van der Waals surface area contributed by atoms with E-state index in [1.54, 1.807) is 17.2 Å². The Bertz CT molecular complexity index is 464. The van der Waals surface area contributed by atoms with Crippen molar-refractivity contribution in [3.63, 3.8) is 0 Å². The molecule has 6 heteroatoms. The molecule has 1 aromatic rings. The Hall–Kier alpha value is -1.43. The summed E-state index contributed by atoms with van der Waals surface area (Å²) in [5, 5.41) is 8.87. The van der Waals surface area contributed by atoms with Crippen LogP contribution in [-0.4, -0.2) is 40.0 Å². The molecule has 1 fully saturated rings. The van der Waals surface area contributed by atoms with E-state index in [-0.39, 0.29) is 12.5 Å². The number of likely N-dealkylation sites (tertiary alicyclic amines) is 1. The lowest BCUT2D eigenvalue weighted by Gasteiger charge is -2.15. The lowest BCUT2D eigenvalue weighted by atomic mass is 10.1. The highest BCUT2D eigenvalue weighted by molar-refractivity contribution is 9.10. The maximum Gasteiger partial charge on any atom is 0.308 e. The molecule has 1 unspecified atom stereocenters. The van der Waals surface area contributed by atoms with Gasteiger partial charge >= 0.3 is 5.97 Å². The Morgan fingerprint density at radius 3 is 2.82 bits per heavy atom. The van der Waals surface area contributed by atoms with Crippen LogP contribution in [0.15, 0.2) is 22.9 Å². The molecule has 0 radical (unpaired) electrons. The van der Waals surface area contributed by atoms with Crippen molar-refractivity contribution in [3.05, 3.63) is 28.5 Å². The van der Waals surface area contributed by atoms with E-state index < -0.39 is 11.9 Å². The zero-order valence-electron chi connectivity index (χ0n) is 8.97. The summed E-state index contributed by atoms with van der Waals surface area (Å²) >= 11 is 3.25. The van der Waals surface area contributed by atoms with Crippen LogP contribution >= 0.6 is 15.9 Å². The summed E-state index contributed by atoms with van der Waals surface area (Å²) in [6.45, 7) is 0.767. The van der Waals surface area contributed by atoms with Crippen molar-refractivity contribution in [2.45, 2.75) is 6.42 Å². The molecule has 17 heavy (non-hydrogen) atoms. The van der Waals surface area contributed by atoms with Gasteiger partial charge < -0.3 is 10.0 Å². The SMILES string of the molecule is O=C(O)C1CCN(C(=O)c2cncc(Br)c2)C1. The average molecular weight is 299 g/mol. The van der Waals surface area contributed by atoms with E-state index in [0.717, 1.165) is 4.47 Å². The highest BCUT2D eigenvalue weighted by Crippen LogP contribution is 2.19. The summed E-state index contributed by atoms with van der Waals surface area (Å²) in [5.74, 6) is -1.45. The van der Waals surface area contributed by atoms with Crippen LogP contribution in [0.25, 0.3) is 0 Å². The van der Waals surface area contributed by atoms with Crippen molar-refractivity contribution < 1.29 is 14.7 Å². The molecule has 2 rings (SSSR count). The average Bonchev–Trinajstić information content (AvgIpc) is 2.77. The van der Waals surface area contributed by atoms with E-state index in [2.05, 4.69) is 20.9 Å². The molecule has 2 heterocycles. The number of aromatic nitrogens is 1. The minimum Gasteiger partial charge on any atom is -0.481 e. The van der Waals surface area contributed by atoms with Gasteiger partial charge in [0.25, 0.3) is 5.91 Å². The third-order valence-electron chi connectivity index (χ3n) is 2.78. The minimum absolute atomic E-state index is 0.164. The third kappa shape index (κ3) is 2.63. The zero-order chi connectivity index (χ0) is 12.4. The highest BCUT2D eigenvalue weighted by atomic mass is 79.9. The van der Waals surface area contributed by atoms with E-state index in [9.17, 15) is 9.59 Å². The molecule has 90 valence electrons. The zero-order valence-corrected chi connectivity index (χ0v) is 10.6. The first-order valence-corrected chi connectivity index (χ1v) is 6.00. The van der Waals surface area contributed by atoms with Crippen LogP contribution in [-0.2, 0) is 4.79 Å². The lowest BCUT2D eigenvalue weighted by Crippen LogP contribution is -2.30. The maximum atomic E-state index is 12.0. The largest absolute Gasteiger partial charge is 0.481 e. The second-order valence-corrected chi connectivity index (χ2v) is 4.88. The Balaban J connectivity index is 2.09. The van der Waals surface area contributed by atoms with Gasteiger partial charge in [0.1, 0.15) is 0 Å². The third-order valence-corrected chi connectivity index (χ3v) is 3.21. The number of nitrogens with zero attached hydrogens (tertiary/aromatic N) is 2. The van der Waals surface area contributed by atoms with Crippen molar-refractivity contribution in [1.29, 1.82) is 0 Å². The topological polar surface area (TPSA) is 70.5 Å². The van der Waals surface area contributed by atoms with E-state index >= 15 is 0 Å². The van der Waals surface area contributed by atoms with Gasteiger partial charge in [-0.2, -0.15) is 0 Å². The van der Waals surface area contributed by atoms with Crippen molar-refractivity contribution in [2.75, 3.05) is 13.1 Å². The summed E-state index contributed by atoms with van der Waals surface area (Å²) < 4.78 is 0.734. The summed E-state index contributed by atoms with van der Waals surface area (Å²) in [6.07, 6.45) is 3.60. The fourth-order valence-electron chi connectivity index (χ4n) is 1.86. The molecule has 0 spiro atoms. The fraction of sp³-hybridized carbons (Fsp3) is 0.364. The molecule has 0 saturated carbocycles. The first kappa shape index (κ1) is 12.0. The number of hydrogen-bond donors (Lipinski definition) is 1. The first-order valence-electron chi connectivity index (χ1n) is 5.20. The van der Waals surface area contributed by atoms with Crippen LogP contribution in [0.1, 0.15) is 16.8 Å². The normalized spacial score (nSPS) is 19.4. The number of pyridine rings is 1. The van der Waals surface area contributed by atoms with Gasteiger partial charge in [-0.05, 0) is 28.4 Å². The summed E-state index contributed by atoms with van der Waals surface area (Å²) in [6, 6.07) is 1.68. The fourth-order valence-corrected chi connectivity index (χ4v) is 2.22. The number of hydrogen-bond acceptors (Lipinski definition) is 3. The van der Waals surface area contributed by atoms with Crippen LogP contribution in [0.2, 0.25) is 0 Å². The van der Waals surface area contributed by atoms with E-state index in [0.29, 0.717) is 18.5 Å². The predicted octanol–water partition coefficient (Wildman–Crippen LogP) is 1.39. The summed E-state index contributed by atoms with van der Waals surface area (Å²) in [4.78, 5) is 28.3. The van der Waals surface area contributed by atoms with E-state index in [1.165, 1.54) is 6.20 Å². The molecule has 0 aromatic carbocycles. The number of aliphatic carboxylic acids is 1. The number of carboxylic acid groups (broad SMARTS) is 1. The van der Waals surface area contributed by atoms with Crippen LogP contribution in [0.4, 0.5) is 0 Å². The number of carbonyl (C=O) groups is 2. The van der Waals surface area contributed by atoms with Crippen molar-refractivity contribution in [3.8, 4) is 0 Å². The van der Waals surface area contributed by atoms with Crippen molar-refractivity contribution >= 4 is 27.8 Å². The number of carbonyl (C=O) groups excluding carboxylic acids is 1. The molecular formula is C11H11BrN2O3. The Kier molecular flexibility index (Phi) is 3.42. The molecule has 0 bridgehead atoms. The monoisotopic (exact) mass is 298 g/mol. The Morgan fingerprint density at radius 1 is 1.47 bits per heavy atom. The summed E-state index contributed by atoms with van der Waals surface area (Å²) in [7, 11) is 0. The Labute approximate surface area is 107 Å². The van der Waals surface area contributed by atoms with Crippen molar-refractivity contribution in [1.82, 2.24) is 9.88 Å². The maximum absolute atomic E-state index is 12.0. The molecule has 1 atom stereocenters. The predicted molar refractivity (Wildman–Crippen MR) is 63.6 cm³/mol. The lowest BCUT2D eigenvalue weighted by molar-refractivity contribution is -0.141. The Morgan fingerprint density at radius 2 is 2.24 bits per heavy atom.